The van der Waals surface area contributed by atoms with E-state index in [1.165, 1.54) is 0 Å². The SMILES string of the molecule is CC1(F)C(F)=CC=C(F)C1COc1nsc(NC(=O)NCCCCN2CCCCC2CO)c1C(N)=O. The van der Waals surface area contributed by atoms with Crippen molar-refractivity contribution in [3.8, 4) is 5.88 Å². The van der Waals surface area contributed by atoms with E-state index >= 15 is 0 Å². The molecule has 0 radical (unpaired) electrons. The number of nitrogens with two attached hydrogens (primary N) is 1. The molecule has 1 saturated heterocycles. The number of aliphatic hydroxyl groups is 1. The van der Waals surface area contributed by atoms with Crippen LogP contribution in [0, 0.1) is 5.92 Å². The van der Waals surface area contributed by atoms with Crippen LogP contribution in [0.25, 0.3) is 0 Å². The number of carbonyl (C=O) groups excluding carboxylic acids is 2. The fraction of sp³-hybridized carbons (Fsp3) is 0.609. The Labute approximate surface area is 211 Å². The van der Waals surface area contributed by atoms with Gasteiger partial charge in [-0.2, -0.15) is 4.37 Å². The molecule has 1 aromatic heterocycles. The number of likely N-dealkylation sites (tertiary alicyclic amines) is 1. The highest BCUT2D eigenvalue weighted by Crippen LogP contribution is 2.40. The molecule has 200 valence electrons. The van der Waals surface area contributed by atoms with Crippen molar-refractivity contribution in [3.63, 3.8) is 0 Å². The number of ether oxygens (including phenoxy) is 1. The molecule has 2 aliphatic rings. The standard InChI is InChI=1S/C23H32F3N5O4S/c1-23(26)15(16(24)7-8-17(23)25)13-35-20-18(19(27)33)21(36-30-20)29-22(34)28-9-3-5-11-31-10-4-2-6-14(31)12-32/h7-8,14-15,32H,2-6,9-13H2,1H3,(H2,27,33)(H2,28,29,34). The van der Waals surface area contributed by atoms with Gasteiger partial charge in [0.15, 0.2) is 5.67 Å². The second kappa shape index (κ2) is 12.5. The third kappa shape index (κ3) is 6.77. The first-order chi connectivity index (χ1) is 17.1. The molecular weight excluding hydrogens is 499 g/mol. The van der Waals surface area contributed by atoms with Crippen LogP contribution in [0.15, 0.2) is 23.8 Å². The molecule has 1 aromatic rings. The zero-order valence-electron chi connectivity index (χ0n) is 20.1. The van der Waals surface area contributed by atoms with E-state index in [4.69, 9.17) is 10.5 Å². The molecule has 2 heterocycles. The van der Waals surface area contributed by atoms with E-state index in [0.717, 1.165) is 69.7 Å². The number of primary amides is 1. The van der Waals surface area contributed by atoms with Crippen molar-refractivity contribution in [1.29, 1.82) is 0 Å². The van der Waals surface area contributed by atoms with Crippen molar-refractivity contribution in [3.05, 3.63) is 29.4 Å². The van der Waals surface area contributed by atoms with Crippen molar-refractivity contribution in [2.45, 2.75) is 50.7 Å². The van der Waals surface area contributed by atoms with Gasteiger partial charge in [0.1, 0.15) is 28.8 Å². The Morgan fingerprint density at radius 2 is 2.11 bits per heavy atom. The molecule has 0 bridgehead atoms. The van der Waals surface area contributed by atoms with Gasteiger partial charge in [0.05, 0.1) is 12.5 Å². The number of anilines is 1. The number of hydrogen-bond acceptors (Lipinski definition) is 7. The van der Waals surface area contributed by atoms with Crippen LogP contribution in [0.4, 0.5) is 23.0 Å². The number of hydrogen-bond donors (Lipinski definition) is 4. The predicted molar refractivity (Wildman–Crippen MR) is 130 cm³/mol. The van der Waals surface area contributed by atoms with Gasteiger partial charge in [-0.15, -0.1) is 0 Å². The highest BCUT2D eigenvalue weighted by atomic mass is 32.1. The minimum Gasteiger partial charge on any atom is -0.476 e. The average molecular weight is 532 g/mol. The van der Waals surface area contributed by atoms with Crippen LogP contribution in [0.5, 0.6) is 5.88 Å². The minimum absolute atomic E-state index is 0.0165. The van der Waals surface area contributed by atoms with Crippen LogP contribution in [0.3, 0.4) is 0 Å². The molecule has 3 amide bonds. The number of unbranched alkanes of at least 4 members (excludes halogenated alkanes) is 1. The van der Waals surface area contributed by atoms with Crippen molar-refractivity contribution < 1.29 is 32.6 Å². The summed E-state index contributed by atoms with van der Waals surface area (Å²) in [6.45, 7) is 2.59. The fourth-order valence-electron chi connectivity index (χ4n) is 4.28. The topological polar surface area (TPSA) is 130 Å². The zero-order valence-corrected chi connectivity index (χ0v) is 20.9. The molecule has 5 N–H and O–H groups in total. The number of urea groups is 1. The Morgan fingerprint density at radius 3 is 2.83 bits per heavy atom. The third-order valence-corrected chi connectivity index (χ3v) is 7.23. The third-order valence-electron chi connectivity index (χ3n) is 6.48. The smallest absolute Gasteiger partial charge is 0.319 e. The van der Waals surface area contributed by atoms with Gasteiger partial charge in [-0.25, -0.2) is 18.0 Å². The second-order valence-corrected chi connectivity index (χ2v) is 9.79. The van der Waals surface area contributed by atoms with Gasteiger partial charge in [-0.1, -0.05) is 6.42 Å². The van der Waals surface area contributed by atoms with Crippen LogP contribution in [0.1, 0.15) is 49.4 Å². The Kier molecular flexibility index (Phi) is 9.74. The number of carbonyl (C=O) groups is 2. The maximum atomic E-state index is 14.6. The Balaban J connectivity index is 1.49. The van der Waals surface area contributed by atoms with E-state index in [9.17, 15) is 27.9 Å². The molecule has 1 aliphatic carbocycles. The van der Waals surface area contributed by atoms with Gasteiger partial charge in [-0.3, -0.25) is 15.0 Å². The van der Waals surface area contributed by atoms with Crippen LogP contribution >= 0.6 is 11.5 Å². The number of aromatic nitrogens is 1. The summed E-state index contributed by atoms with van der Waals surface area (Å²) in [4.78, 5) is 26.5. The molecule has 3 unspecified atom stereocenters. The molecule has 3 atom stereocenters. The molecule has 3 rings (SSSR count). The lowest BCUT2D eigenvalue weighted by Gasteiger charge is -2.34. The average Bonchev–Trinajstić information content (AvgIpc) is 3.24. The van der Waals surface area contributed by atoms with Gasteiger partial charge in [0, 0.05) is 12.6 Å². The first-order valence-corrected chi connectivity index (χ1v) is 12.7. The Morgan fingerprint density at radius 1 is 1.33 bits per heavy atom. The summed E-state index contributed by atoms with van der Waals surface area (Å²) in [7, 11) is 0. The van der Waals surface area contributed by atoms with E-state index < -0.39 is 41.8 Å². The van der Waals surface area contributed by atoms with Crippen LogP contribution in [0.2, 0.25) is 0 Å². The first-order valence-electron chi connectivity index (χ1n) is 11.9. The number of allylic oxidation sites excluding steroid dienone is 3. The zero-order chi connectivity index (χ0) is 26.3. The quantitative estimate of drug-likeness (QED) is 0.324. The molecular formula is C23H32F3N5O4S. The van der Waals surface area contributed by atoms with Crippen molar-refractivity contribution in [2.24, 2.45) is 11.7 Å². The maximum absolute atomic E-state index is 14.6. The van der Waals surface area contributed by atoms with Gasteiger partial charge >= 0.3 is 6.03 Å². The number of piperidine rings is 1. The summed E-state index contributed by atoms with van der Waals surface area (Å²) in [6.07, 6.45) is 6.33. The Hall–Kier alpha value is -2.64. The largest absolute Gasteiger partial charge is 0.476 e. The lowest BCUT2D eigenvalue weighted by Crippen LogP contribution is -2.42. The normalized spacial score (nSPS) is 24.6. The monoisotopic (exact) mass is 531 g/mol. The molecule has 1 aliphatic heterocycles. The minimum atomic E-state index is -2.63. The van der Waals surface area contributed by atoms with E-state index in [-0.39, 0.29) is 29.1 Å². The predicted octanol–water partition coefficient (Wildman–Crippen LogP) is 3.43. The molecule has 0 aromatic carbocycles. The van der Waals surface area contributed by atoms with Crippen molar-refractivity contribution in [2.75, 3.05) is 38.2 Å². The van der Waals surface area contributed by atoms with Gasteiger partial charge in [-0.05, 0) is 69.4 Å². The number of nitrogens with one attached hydrogen (secondary N) is 2. The van der Waals surface area contributed by atoms with E-state index in [1.807, 2.05) is 0 Å². The second-order valence-electron chi connectivity index (χ2n) is 9.02. The first kappa shape index (κ1) is 27.9. The van der Waals surface area contributed by atoms with E-state index in [0.29, 0.717) is 12.6 Å². The summed E-state index contributed by atoms with van der Waals surface area (Å²) in [5, 5.41) is 14.7. The summed E-state index contributed by atoms with van der Waals surface area (Å²) in [5.41, 5.74) is 2.53. The Bertz CT molecular complexity index is 1000. The number of rotatable bonds is 11. The molecule has 1 fully saturated rings. The molecule has 0 saturated carbocycles. The number of halogens is 3. The molecule has 0 spiro atoms. The van der Waals surface area contributed by atoms with Crippen LogP contribution in [-0.4, -0.2) is 70.9 Å². The molecule has 36 heavy (non-hydrogen) atoms. The maximum Gasteiger partial charge on any atom is 0.319 e. The van der Waals surface area contributed by atoms with Crippen LogP contribution < -0.4 is 21.1 Å². The number of aliphatic hydroxyl groups excluding tert-OH is 1. The lowest BCUT2D eigenvalue weighted by atomic mass is 9.85. The molecule has 9 nitrogen and oxygen atoms in total. The summed E-state index contributed by atoms with van der Waals surface area (Å²) < 4.78 is 51.8. The molecule has 13 heteroatoms. The van der Waals surface area contributed by atoms with E-state index in [1.54, 1.807) is 0 Å². The number of alkyl halides is 1. The van der Waals surface area contributed by atoms with Gasteiger partial charge in [0.2, 0.25) is 5.88 Å². The summed E-state index contributed by atoms with van der Waals surface area (Å²) in [6, 6.07) is -0.381. The summed E-state index contributed by atoms with van der Waals surface area (Å²) >= 11 is 0.720. The number of amides is 3. The van der Waals surface area contributed by atoms with Gasteiger partial charge in [0.25, 0.3) is 5.91 Å². The summed E-state index contributed by atoms with van der Waals surface area (Å²) in [5.74, 6) is -4.90. The van der Waals surface area contributed by atoms with E-state index in [2.05, 4.69) is 19.9 Å². The highest BCUT2D eigenvalue weighted by Gasteiger charge is 2.44. The highest BCUT2D eigenvalue weighted by molar-refractivity contribution is 7.11. The van der Waals surface area contributed by atoms with Gasteiger partial charge < -0.3 is 20.9 Å². The van der Waals surface area contributed by atoms with Crippen LogP contribution in [-0.2, 0) is 0 Å². The fourth-order valence-corrected chi connectivity index (χ4v) is 5.02. The lowest BCUT2D eigenvalue weighted by molar-refractivity contribution is 0.0783. The van der Waals surface area contributed by atoms with Crippen molar-refractivity contribution in [1.82, 2.24) is 14.6 Å². The number of nitrogens with zero attached hydrogens (tertiary/aromatic N) is 2. The van der Waals surface area contributed by atoms with Crippen molar-refractivity contribution >= 4 is 28.5 Å².